The highest BCUT2D eigenvalue weighted by molar-refractivity contribution is 5.85. The summed E-state index contributed by atoms with van der Waals surface area (Å²) in [6.07, 6.45) is 0.550. The van der Waals surface area contributed by atoms with Crippen molar-refractivity contribution >= 4 is 29.3 Å². The van der Waals surface area contributed by atoms with Gasteiger partial charge in [-0.3, -0.25) is 4.79 Å². The molecule has 104 valence electrons. The van der Waals surface area contributed by atoms with Gasteiger partial charge in [0.15, 0.2) is 0 Å². The average molecular weight is 287 g/mol. The van der Waals surface area contributed by atoms with E-state index >= 15 is 0 Å². The van der Waals surface area contributed by atoms with Crippen LogP contribution in [0.2, 0.25) is 0 Å². The highest BCUT2D eigenvalue weighted by atomic mass is 35.5. The van der Waals surface area contributed by atoms with Gasteiger partial charge >= 0.3 is 0 Å². The van der Waals surface area contributed by atoms with Gasteiger partial charge in [0.25, 0.3) is 0 Å². The molecule has 1 amide bonds. The molecule has 1 aromatic heterocycles. The number of halogens is 2. The minimum atomic E-state index is -0.519. The number of fused-ring (bicyclic) bond motifs is 1. The molecular formula is C12H16ClFN4O. The zero-order valence-corrected chi connectivity index (χ0v) is 11.3. The molecule has 2 aromatic rings. The highest BCUT2D eigenvalue weighted by Crippen LogP contribution is 2.12. The van der Waals surface area contributed by atoms with Crippen LogP contribution in [0.15, 0.2) is 18.2 Å². The summed E-state index contributed by atoms with van der Waals surface area (Å²) >= 11 is 0. The molecule has 1 unspecified atom stereocenters. The minimum Gasteiger partial charge on any atom is -0.354 e. The number of aromatic amines is 1. The standard InChI is InChI=1S/C12H15FN4O.ClH/c1-7(14)12(18)15-5-4-11-16-9-3-2-8(13)6-10(9)17-11;/h2-3,6-7H,4-5,14H2,1H3,(H,15,18)(H,16,17);1H. The number of nitrogens with zero attached hydrogens (tertiary/aromatic N) is 1. The first-order valence-electron chi connectivity index (χ1n) is 5.73. The van der Waals surface area contributed by atoms with E-state index in [4.69, 9.17) is 5.73 Å². The van der Waals surface area contributed by atoms with Crippen molar-refractivity contribution in [2.24, 2.45) is 5.73 Å². The Hall–Kier alpha value is -1.66. The Morgan fingerprint density at radius 3 is 3.00 bits per heavy atom. The summed E-state index contributed by atoms with van der Waals surface area (Å²) in [6.45, 7) is 2.07. The molecule has 0 saturated carbocycles. The minimum absolute atomic E-state index is 0. The number of hydrogen-bond acceptors (Lipinski definition) is 3. The van der Waals surface area contributed by atoms with Crippen LogP contribution in [0.4, 0.5) is 4.39 Å². The first kappa shape index (κ1) is 15.4. The number of benzene rings is 1. The largest absolute Gasteiger partial charge is 0.354 e. The van der Waals surface area contributed by atoms with Crippen molar-refractivity contribution in [1.29, 1.82) is 0 Å². The first-order valence-corrected chi connectivity index (χ1v) is 5.73. The molecule has 19 heavy (non-hydrogen) atoms. The summed E-state index contributed by atoms with van der Waals surface area (Å²) in [5.41, 5.74) is 6.79. The van der Waals surface area contributed by atoms with Crippen molar-refractivity contribution in [3.63, 3.8) is 0 Å². The lowest BCUT2D eigenvalue weighted by atomic mass is 10.3. The lowest BCUT2D eigenvalue weighted by Crippen LogP contribution is -2.39. The monoisotopic (exact) mass is 286 g/mol. The summed E-state index contributed by atoms with van der Waals surface area (Å²) in [5, 5.41) is 2.69. The summed E-state index contributed by atoms with van der Waals surface area (Å²) < 4.78 is 13.0. The third-order valence-corrected chi connectivity index (χ3v) is 2.57. The highest BCUT2D eigenvalue weighted by Gasteiger charge is 2.07. The molecular weight excluding hydrogens is 271 g/mol. The Kier molecular flexibility index (Phi) is 5.26. The van der Waals surface area contributed by atoms with Crippen molar-refractivity contribution in [3.8, 4) is 0 Å². The second-order valence-corrected chi connectivity index (χ2v) is 4.17. The predicted molar refractivity (Wildman–Crippen MR) is 73.7 cm³/mol. The van der Waals surface area contributed by atoms with Gasteiger partial charge in [-0.15, -0.1) is 12.4 Å². The average Bonchev–Trinajstić information content (AvgIpc) is 2.70. The molecule has 0 aliphatic heterocycles. The van der Waals surface area contributed by atoms with E-state index in [-0.39, 0.29) is 24.1 Å². The number of aromatic nitrogens is 2. The van der Waals surface area contributed by atoms with Crippen LogP contribution in [0.25, 0.3) is 11.0 Å². The lowest BCUT2D eigenvalue weighted by molar-refractivity contribution is -0.121. The van der Waals surface area contributed by atoms with Crippen LogP contribution < -0.4 is 11.1 Å². The van der Waals surface area contributed by atoms with E-state index in [1.165, 1.54) is 12.1 Å². The Labute approximate surface area is 116 Å². The number of carbonyl (C=O) groups is 1. The van der Waals surface area contributed by atoms with E-state index in [1.807, 2.05) is 0 Å². The summed E-state index contributed by atoms with van der Waals surface area (Å²) in [7, 11) is 0. The number of amides is 1. The molecule has 1 atom stereocenters. The molecule has 7 heteroatoms. The maximum Gasteiger partial charge on any atom is 0.236 e. The topological polar surface area (TPSA) is 83.8 Å². The van der Waals surface area contributed by atoms with Crippen LogP contribution in [0.5, 0.6) is 0 Å². The number of carbonyl (C=O) groups excluding carboxylic acids is 1. The third kappa shape index (κ3) is 3.90. The van der Waals surface area contributed by atoms with Gasteiger partial charge in [-0.05, 0) is 25.1 Å². The van der Waals surface area contributed by atoms with E-state index in [2.05, 4.69) is 15.3 Å². The number of nitrogens with two attached hydrogens (primary N) is 1. The van der Waals surface area contributed by atoms with Crippen LogP contribution in [-0.4, -0.2) is 28.5 Å². The summed E-state index contributed by atoms with van der Waals surface area (Å²) in [6, 6.07) is 3.86. The summed E-state index contributed by atoms with van der Waals surface area (Å²) in [5.74, 6) is 0.209. The second-order valence-electron chi connectivity index (χ2n) is 4.17. The second kappa shape index (κ2) is 6.49. The van der Waals surface area contributed by atoms with Crippen molar-refractivity contribution in [1.82, 2.24) is 15.3 Å². The number of H-pyrrole nitrogens is 1. The zero-order chi connectivity index (χ0) is 13.1. The van der Waals surface area contributed by atoms with Gasteiger partial charge in [0.1, 0.15) is 11.6 Å². The molecule has 0 radical (unpaired) electrons. The van der Waals surface area contributed by atoms with Crippen molar-refractivity contribution < 1.29 is 9.18 Å². The fourth-order valence-electron chi connectivity index (χ4n) is 1.62. The smallest absolute Gasteiger partial charge is 0.236 e. The molecule has 0 saturated heterocycles. The third-order valence-electron chi connectivity index (χ3n) is 2.57. The molecule has 0 aliphatic carbocycles. The van der Waals surface area contributed by atoms with E-state index in [0.29, 0.717) is 29.8 Å². The predicted octanol–water partition coefficient (Wildman–Crippen LogP) is 1.13. The van der Waals surface area contributed by atoms with Gasteiger partial charge < -0.3 is 16.0 Å². The van der Waals surface area contributed by atoms with Crippen molar-refractivity contribution in [2.75, 3.05) is 6.54 Å². The molecule has 4 N–H and O–H groups in total. The van der Waals surface area contributed by atoms with Crippen LogP contribution in [0.3, 0.4) is 0 Å². The fourth-order valence-corrected chi connectivity index (χ4v) is 1.62. The van der Waals surface area contributed by atoms with Crippen LogP contribution in [-0.2, 0) is 11.2 Å². The van der Waals surface area contributed by atoms with Gasteiger partial charge in [0.05, 0.1) is 17.1 Å². The molecule has 0 bridgehead atoms. The molecule has 1 aromatic carbocycles. The molecule has 0 aliphatic rings. The molecule has 1 heterocycles. The SMILES string of the molecule is CC(N)C(=O)NCCc1nc2ccc(F)cc2[nH]1.Cl. The lowest BCUT2D eigenvalue weighted by Gasteiger charge is -2.05. The molecule has 2 rings (SSSR count). The van der Waals surface area contributed by atoms with Crippen LogP contribution >= 0.6 is 12.4 Å². The summed E-state index contributed by atoms with van der Waals surface area (Å²) in [4.78, 5) is 18.5. The van der Waals surface area contributed by atoms with Gasteiger partial charge in [0.2, 0.25) is 5.91 Å². The Morgan fingerprint density at radius 2 is 2.32 bits per heavy atom. The Balaban J connectivity index is 0.00000180. The molecule has 0 fully saturated rings. The quantitative estimate of drug-likeness (QED) is 0.788. The Bertz CT molecular complexity index is 570. The number of imidazole rings is 1. The van der Waals surface area contributed by atoms with E-state index < -0.39 is 6.04 Å². The maximum absolute atomic E-state index is 13.0. The van der Waals surface area contributed by atoms with E-state index in [0.717, 1.165) is 0 Å². The van der Waals surface area contributed by atoms with E-state index in [9.17, 15) is 9.18 Å². The van der Waals surface area contributed by atoms with Crippen LogP contribution in [0, 0.1) is 5.82 Å². The number of rotatable bonds is 4. The number of nitrogens with one attached hydrogen (secondary N) is 2. The number of hydrogen-bond donors (Lipinski definition) is 3. The van der Waals surface area contributed by atoms with Gasteiger partial charge in [-0.1, -0.05) is 0 Å². The van der Waals surface area contributed by atoms with Gasteiger partial charge in [-0.2, -0.15) is 0 Å². The first-order chi connectivity index (χ1) is 8.56. The fraction of sp³-hybridized carbons (Fsp3) is 0.333. The maximum atomic E-state index is 13.0. The Morgan fingerprint density at radius 1 is 1.58 bits per heavy atom. The van der Waals surface area contributed by atoms with Crippen LogP contribution in [0.1, 0.15) is 12.7 Å². The molecule has 5 nitrogen and oxygen atoms in total. The normalized spacial score (nSPS) is 11.9. The van der Waals surface area contributed by atoms with Crippen molar-refractivity contribution in [2.45, 2.75) is 19.4 Å². The van der Waals surface area contributed by atoms with Crippen molar-refractivity contribution in [3.05, 3.63) is 29.8 Å². The van der Waals surface area contributed by atoms with Gasteiger partial charge in [0, 0.05) is 13.0 Å². The van der Waals surface area contributed by atoms with Gasteiger partial charge in [-0.25, -0.2) is 9.37 Å². The zero-order valence-electron chi connectivity index (χ0n) is 10.4. The molecule has 0 spiro atoms. The van der Waals surface area contributed by atoms with E-state index in [1.54, 1.807) is 13.0 Å².